The molecule has 0 bridgehead atoms. The van der Waals surface area contributed by atoms with Crippen molar-refractivity contribution in [2.45, 2.75) is 215 Å². The molecule has 3 spiro atoms. The number of halogens is 8. The molecule has 21 N–H and O–H groups in total. The lowest BCUT2D eigenvalue weighted by atomic mass is 9.74. The summed E-state index contributed by atoms with van der Waals surface area (Å²) >= 11 is 46.4. The second-order valence-corrected chi connectivity index (χ2v) is 42.1. The van der Waals surface area contributed by atoms with Crippen molar-refractivity contribution < 1.29 is 27.6 Å². The zero-order chi connectivity index (χ0) is 87.8. The van der Waals surface area contributed by atoms with Crippen LogP contribution in [0, 0.1) is 16.2 Å². The molecule has 28 nitrogen and oxygen atoms in total. The summed E-state index contributed by atoms with van der Waals surface area (Å²) in [5.74, 6) is 0.398. The number of piperidine rings is 3. The molecule has 3 aliphatic carbocycles. The van der Waals surface area contributed by atoms with Gasteiger partial charge in [0, 0.05) is 63.9 Å². The van der Waals surface area contributed by atoms with Crippen LogP contribution in [-0.4, -0.2) is 139 Å². The van der Waals surface area contributed by atoms with Gasteiger partial charge in [-0.15, -0.1) is 25.0 Å². The molecular formula is C81H110BrCl7N22O6S6. The lowest BCUT2D eigenvalue weighted by molar-refractivity contribution is 0.0991. The van der Waals surface area contributed by atoms with E-state index >= 15 is 0 Å². The zero-order valence-electron chi connectivity index (χ0n) is 67.5. The number of nitrogen functional groups attached to an aromatic ring is 4. The number of primary amides is 4. The monoisotopic (exact) mass is 2000 g/mol. The molecule has 4 aromatic heterocycles. The Hall–Kier alpha value is -6.07. The first-order chi connectivity index (χ1) is 56.6. The van der Waals surface area contributed by atoms with Crippen molar-refractivity contribution >= 4 is 226 Å². The fourth-order valence-electron chi connectivity index (χ4n) is 14.9. The van der Waals surface area contributed by atoms with Gasteiger partial charge in [0.1, 0.15) is 41.6 Å². The van der Waals surface area contributed by atoms with Gasteiger partial charge in [0.05, 0.1) is 98.6 Å². The van der Waals surface area contributed by atoms with Gasteiger partial charge >= 0.3 is 0 Å². The highest BCUT2D eigenvalue weighted by atomic mass is 79.9. The average Bonchev–Trinajstić information content (AvgIpc) is 1.75. The van der Waals surface area contributed by atoms with Gasteiger partial charge in [-0.25, -0.2) is 57.7 Å². The van der Waals surface area contributed by atoms with E-state index in [0.29, 0.717) is 100 Å². The van der Waals surface area contributed by atoms with Crippen LogP contribution in [0.15, 0.2) is 137 Å². The molecule has 123 heavy (non-hydrogen) atoms. The molecule has 0 unspecified atom stereocenters. The van der Waals surface area contributed by atoms with Crippen molar-refractivity contribution in [2.75, 3.05) is 72.0 Å². The Morgan fingerprint density at radius 1 is 0.480 bits per heavy atom. The van der Waals surface area contributed by atoms with Gasteiger partial charge in [-0.2, -0.15) is 0 Å². The fourth-order valence-corrected chi connectivity index (χ4v) is 21.2. The highest BCUT2D eigenvalue weighted by molar-refractivity contribution is 9.10. The molecule has 4 amide bonds. The number of aromatic nitrogens is 8. The normalized spacial score (nSPS) is 18.3. The predicted molar refractivity (Wildman–Crippen MR) is 515 cm³/mol. The summed E-state index contributed by atoms with van der Waals surface area (Å²) in [5, 5.41) is 6.61. The first-order valence-electron chi connectivity index (χ1n) is 38.5. The van der Waals surface area contributed by atoms with E-state index in [1.807, 2.05) is 41.5 Å². The van der Waals surface area contributed by atoms with Crippen LogP contribution in [0.5, 0.6) is 0 Å². The number of nitrogens with zero attached hydrogens (tertiary/aromatic N) is 10. The SMILES string of the molecule is C.C.CC(C)(C)[S@@](=O)N[C@@H]1CCCC12CCN(c1cnc(Sc3cccc(C(N)=O)c3Cl)c(N)n1)CC2.CC(C)(C)[S@@](=O)N[C@@H]1CCCC12CCNCC2.Cl.NC(=O)c1cccc(S)c1Cl.NC(=O)c1cccc(Sc2ncc(Cl)nc2N)c1Cl.NC(=O)c1cccc(Sc2ncc(N3CCC4(CCC[C@H]4N)CC3)nc2N)c1Cl.Nc1nc(Cl)cnc1Br. The number of hydrogen-bond donors (Lipinski definition) is 13. The molecule has 7 heterocycles. The third-order valence-corrected chi connectivity index (χ3v) is 31.5. The van der Waals surface area contributed by atoms with Crippen molar-refractivity contribution in [1.29, 1.82) is 0 Å². The quantitative estimate of drug-likeness (QED) is 0.0400. The minimum Gasteiger partial charge on any atom is -0.381 e. The number of carbonyl (C=O) groups excluding carboxylic acids is 4. The fraction of sp³-hybridized carbons (Fsp3) is 0.457. The minimum absolute atomic E-state index is 0. The van der Waals surface area contributed by atoms with Crippen molar-refractivity contribution in [1.82, 2.24) is 54.6 Å². The third kappa shape index (κ3) is 28.2. The third-order valence-electron chi connectivity index (χ3n) is 21.7. The molecule has 3 aliphatic heterocycles. The number of thiol groups is 1. The summed E-state index contributed by atoms with van der Waals surface area (Å²) in [4.78, 5) is 85.5. The van der Waals surface area contributed by atoms with Crippen molar-refractivity contribution in [2.24, 2.45) is 44.9 Å². The molecule has 6 aliphatic rings. The number of benzene rings is 4. The Labute approximate surface area is 788 Å². The van der Waals surface area contributed by atoms with Crippen LogP contribution in [-0.2, 0) is 22.0 Å². The molecule has 8 aromatic rings. The molecule has 3 saturated heterocycles. The number of rotatable bonds is 16. The largest absolute Gasteiger partial charge is 0.381 e. The lowest BCUT2D eigenvalue weighted by Gasteiger charge is -2.44. The molecular weight excluding hydrogens is 1900 g/mol. The summed E-state index contributed by atoms with van der Waals surface area (Å²) in [6.07, 6.45) is 23.8. The van der Waals surface area contributed by atoms with Crippen LogP contribution in [0.3, 0.4) is 0 Å². The van der Waals surface area contributed by atoms with E-state index in [9.17, 15) is 27.6 Å². The molecule has 3 saturated carbocycles. The van der Waals surface area contributed by atoms with Gasteiger partial charge in [0.2, 0.25) is 23.6 Å². The van der Waals surface area contributed by atoms with Gasteiger partial charge in [0.25, 0.3) is 0 Å². The van der Waals surface area contributed by atoms with Gasteiger partial charge < -0.3 is 66.7 Å². The number of amides is 4. The number of carbonyl (C=O) groups is 4. The van der Waals surface area contributed by atoms with Crippen molar-refractivity contribution in [3.63, 3.8) is 0 Å². The van der Waals surface area contributed by atoms with E-state index in [-0.39, 0.29) is 85.9 Å². The Kier molecular flexibility index (Phi) is 40.6. The molecule has 5 atom stereocenters. The van der Waals surface area contributed by atoms with E-state index in [1.54, 1.807) is 85.2 Å². The zero-order valence-corrected chi connectivity index (χ0v) is 79.4. The first kappa shape index (κ1) is 106. The summed E-state index contributed by atoms with van der Waals surface area (Å²) in [6, 6.07) is 21.1. The number of hydrogen-bond acceptors (Lipinski definition) is 26. The van der Waals surface area contributed by atoms with Gasteiger partial charge in [-0.05, 0) is 212 Å². The topological polar surface area (TPSA) is 482 Å². The van der Waals surface area contributed by atoms with Crippen molar-refractivity contribution in [3.05, 3.63) is 155 Å². The van der Waals surface area contributed by atoms with Crippen LogP contribution in [0.4, 0.5) is 34.9 Å². The number of anilines is 6. The summed E-state index contributed by atoms with van der Waals surface area (Å²) in [7, 11) is -1.99. The van der Waals surface area contributed by atoms with Crippen LogP contribution < -0.4 is 76.2 Å². The number of nitrogens with one attached hydrogen (secondary N) is 3. The predicted octanol–water partition coefficient (Wildman–Crippen LogP) is 16.7. The molecule has 4 aromatic carbocycles. The summed E-state index contributed by atoms with van der Waals surface area (Å²) in [6.45, 7) is 17.9. The maximum atomic E-state index is 12.7. The van der Waals surface area contributed by atoms with Crippen molar-refractivity contribution in [3.8, 4) is 0 Å². The van der Waals surface area contributed by atoms with Gasteiger partial charge in [-0.1, -0.05) is 163 Å². The Balaban J connectivity index is 0.000000240. The van der Waals surface area contributed by atoms with Crippen LogP contribution in [0.2, 0.25) is 30.4 Å². The smallest absolute Gasteiger partial charge is 0.250 e. The highest BCUT2D eigenvalue weighted by Crippen LogP contribution is 2.50. The molecule has 672 valence electrons. The summed E-state index contributed by atoms with van der Waals surface area (Å²) < 4.78 is 31.9. The first-order valence-corrected chi connectivity index (χ1v) is 46.8. The summed E-state index contributed by atoms with van der Waals surface area (Å²) in [5.41, 5.74) is 52.8. The standard InChI is InChI=1S/C24H33ClN6O2S2.C20H25ClN6OS.C13H26N2OS.C11H8Cl2N4OS.C7H6ClNOS.C4H3BrClN3.2CH4.ClH/c1-23(2,3)35(33)30-17-8-5-9-24(17)10-12-31(13-11-24)18-14-28-22(20(26)29-18)34-16-7-4-6-15(19(16)25)21(27)32;21-16-12(18(24)28)3-1-4-13(16)29-19-17(23)26-15(11-25-19)27-9-7-20(8-10-27)6-2-5-14(20)22;1-12(2,3)17(16)15-11-5-4-6-13(11)7-9-14-10-8-13;12-7-4-16-11(9(14)17-7)19-6-3-1-2-5(8(6)13)10(15)18;8-6-4(7(9)10)2-1-3-5(6)11;5-3-4(7)9-2(6)1-8-3;;;/h4,6-7,14,17,30H,5,8-13H2,1-3H3,(H2,26,29)(H2,27,32);1,3-4,11,14H,2,5-10,22H2,(H2,23,26)(H2,24,28);11,14-15H,4-10H2,1-3H3;1-4H,(H2,14,17)(H2,15,18);1-3,11H,(H2,9,10);1H,(H2,7,9);2*1H4;1H/t17-,35-;14-;11-,17-;;;;;;/m111....../s1. The average molecular weight is 2010 g/mol. The van der Waals surface area contributed by atoms with E-state index < -0.39 is 45.6 Å². The molecule has 42 heteroatoms. The highest BCUT2D eigenvalue weighted by Gasteiger charge is 2.48. The second-order valence-electron chi connectivity index (χ2n) is 31.5. The maximum absolute atomic E-state index is 12.7. The van der Waals surface area contributed by atoms with E-state index in [4.69, 9.17) is 121 Å². The Bertz CT molecular complexity index is 5030. The van der Waals surface area contributed by atoms with Gasteiger partial charge in [-0.3, -0.25) is 19.2 Å². The Morgan fingerprint density at radius 2 is 0.805 bits per heavy atom. The molecule has 6 fully saturated rings. The van der Waals surface area contributed by atoms with E-state index in [2.05, 4.69) is 93.0 Å². The van der Waals surface area contributed by atoms with E-state index in [1.165, 1.54) is 92.6 Å². The van der Waals surface area contributed by atoms with Crippen LogP contribution >= 0.6 is 146 Å². The number of nitrogens with two attached hydrogens (primary N) is 9. The van der Waals surface area contributed by atoms with E-state index in [0.717, 1.165) is 102 Å². The van der Waals surface area contributed by atoms with Crippen LogP contribution in [0.1, 0.15) is 194 Å². The molecule has 14 rings (SSSR count). The Morgan fingerprint density at radius 3 is 1.14 bits per heavy atom. The minimum atomic E-state index is -1.07. The maximum Gasteiger partial charge on any atom is 0.250 e. The van der Waals surface area contributed by atoms with Crippen LogP contribution in [0.25, 0.3) is 0 Å². The molecule has 0 radical (unpaired) electrons. The second kappa shape index (κ2) is 47.3. The van der Waals surface area contributed by atoms with Gasteiger partial charge in [0.15, 0.2) is 23.3 Å². The lowest BCUT2D eigenvalue weighted by Crippen LogP contribution is -2.51.